The molecular weight excluding hydrogens is 252 g/mol. The normalized spacial score (nSPS) is 19.4. The van der Waals surface area contributed by atoms with Gasteiger partial charge in [0.15, 0.2) is 9.84 Å². The van der Waals surface area contributed by atoms with Crippen LogP contribution in [-0.2, 0) is 21.1 Å². The van der Waals surface area contributed by atoms with Crippen molar-refractivity contribution in [2.75, 3.05) is 23.5 Å². The number of rotatable bonds is 2. The molecule has 1 heterocycles. The number of hydrogen-bond acceptors (Lipinski definition) is 4. The van der Waals surface area contributed by atoms with Gasteiger partial charge in [-0.25, -0.2) is 8.42 Å². The maximum Gasteiger partial charge on any atom is 0.242 e. The van der Waals surface area contributed by atoms with Gasteiger partial charge in [-0.05, 0) is 18.1 Å². The van der Waals surface area contributed by atoms with Crippen LogP contribution in [0.3, 0.4) is 0 Å². The van der Waals surface area contributed by atoms with Crippen molar-refractivity contribution < 1.29 is 13.2 Å². The highest BCUT2D eigenvalue weighted by molar-refractivity contribution is 7.91. The molecule has 1 amide bonds. The number of fused-ring (bicyclic) bond motifs is 1. The van der Waals surface area contributed by atoms with E-state index in [2.05, 4.69) is 0 Å². The van der Waals surface area contributed by atoms with E-state index in [0.717, 1.165) is 17.5 Å². The third-order valence-corrected chi connectivity index (χ3v) is 3.64. The van der Waals surface area contributed by atoms with Gasteiger partial charge < -0.3 is 10.6 Å². The summed E-state index contributed by atoms with van der Waals surface area (Å²) >= 11 is 0. The maximum absolute atomic E-state index is 12.0. The molecule has 98 valence electrons. The van der Waals surface area contributed by atoms with Crippen molar-refractivity contribution in [3.63, 3.8) is 0 Å². The smallest absolute Gasteiger partial charge is 0.242 e. The summed E-state index contributed by atoms with van der Waals surface area (Å²) in [6.07, 6.45) is 1.76. The number of carbonyl (C=O) groups is 1. The highest BCUT2D eigenvalue weighted by Gasteiger charge is 2.27. The van der Waals surface area contributed by atoms with Crippen LogP contribution in [0.25, 0.3) is 0 Å². The predicted octanol–water partition coefficient (Wildman–Crippen LogP) is -0.0524. The van der Waals surface area contributed by atoms with Gasteiger partial charge in [-0.3, -0.25) is 4.79 Å². The van der Waals surface area contributed by atoms with E-state index in [9.17, 15) is 13.2 Å². The number of carbonyl (C=O) groups excluding carboxylic acids is 1. The standard InChI is InChI=1S/C12H16N2O3S/c1-18(16,17)8-12(15)14-7-10(13)6-9-4-2-3-5-11(9)14/h2-5,10H,6-8,13H2,1H3. The Balaban J connectivity index is 2.31. The Morgan fingerprint density at radius 1 is 1.44 bits per heavy atom. The van der Waals surface area contributed by atoms with E-state index in [-0.39, 0.29) is 6.04 Å². The third-order valence-electron chi connectivity index (χ3n) is 2.87. The molecule has 1 aromatic rings. The first kappa shape index (κ1) is 13.0. The molecule has 2 rings (SSSR count). The van der Waals surface area contributed by atoms with Gasteiger partial charge in [0.25, 0.3) is 0 Å². The van der Waals surface area contributed by atoms with Crippen molar-refractivity contribution in [1.29, 1.82) is 0 Å². The molecule has 1 aromatic carbocycles. The predicted molar refractivity (Wildman–Crippen MR) is 70.2 cm³/mol. The molecule has 1 atom stereocenters. The summed E-state index contributed by atoms with van der Waals surface area (Å²) < 4.78 is 22.4. The summed E-state index contributed by atoms with van der Waals surface area (Å²) in [5.41, 5.74) is 7.65. The van der Waals surface area contributed by atoms with Crippen LogP contribution in [-0.4, -0.2) is 38.9 Å². The van der Waals surface area contributed by atoms with E-state index in [1.807, 2.05) is 24.3 Å². The molecule has 0 saturated carbocycles. The minimum Gasteiger partial charge on any atom is -0.326 e. The number of para-hydroxylation sites is 1. The molecule has 0 aliphatic carbocycles. The number of hydrogen-bond donors (Lipinski definition) is 1. The lowest BCUT2D eigenvalue weighted by Gasteiger charge is -2.32. The van der Waals surface area contributed by atoms with Crippen LogP contribution < -0.4 is 10.6 Å². The molecule has 0 fully saturated rings. The molecule has 0 saturated heterocycles. The van der Waals surface area contributed by atoms with Gasteiger partial charge in [-0.2, -0.15) is 0 Å². The molecule has 1 aliphatic heterocycles. The molecule has 0 aromatic heterocycles. The van der Waals surface area contributed by atoms with Crippen LogP contribution in [0, 0.1) is 0 Å². The first-order valence-corrected chi connectivity index (χ1v) is 7.74. The number of nitrogens with zero attached hydrogens (tertiary/aromatic N) is 1. The molecule has 18 heavy (non-hydrogen) atoms. The zero-order valence-electron chi connectivity index (χ0n) is 10.2. The van der Waals surface area contributed by atoms with Gasteiger partial charge in [-0.1, -0.05) is 18.2 Å². The summed E-state index contributed by atoms with van der Waals surface area (Å²) in [6.45, 7) is 0.366. The summed E-state index contributed by atoms with van der Waals surface area (Å²) in [5, 5.41) is 0. The van der Waals surface area contributed by atoms with Gasteiger partial charge >= 0.3 is 0 Å². The Morgan fingerprint density at radius 3 is 2.78 bits per heavy atom. The summed E-state index contributed by atoms with van der Waals surface area (Å²) in [5.74, 6) is -0.895. The SMILES string of the molecule is CS(=O)(=O)CC(=O)N1CC(N)Cc2ccccc21. The minimum atomic E-state index is -3.32. The fourth-order valence-electron chi connectivity index (χ4n) is 2.17. The molecule has 1 aliphatic rings. The van der Waals surface area contributed by atoms with Crippen molar-refractivity contribution in [1.82, 2.24) is 0 Å². The zero-order chi connectivity index (χ0) is 13.3. The average molecular weight is 268 g/mol. The second-order valence-electron chi connectivity index (χ2n) is 4.67. The Labute approximate surface area is 107 Å². The van der Waals surface area contributed by atoms with Crippen molar-refractivity contribution in [2.24, 2.45) is 5.73 Å². The number of anilines is 1. The Morgan fingerprint density at radius 2 is 2.11 bits per heavy atom. The van der Waals surface area contributed by atoms with Gasteiger partial charge in [0.2, 0.25) is 5.91 Å². The van der Waals surface area contributed by atoms with Crippen molar-refractivity contribution in [2.45, 2.75) is 12.5 Å². The van der Waals surface area contributed by atoms with E-state index >= 15 is 0 Å². The molecule has 6 heteroatoms. The van der Waals surface area contributed by atoms with Crippen molar-refractivity contribution in [3.8, 4) is 0 Å². The van der Waals surface area contributed by atoms with E-state index < -0.39 is 21.5 Å². The van der Waals surface area contributed by atoms with E-state index in [4.69, 9.17) is 5.73 Å². The lowest BCUT2D eigenvalue weighted by molar-refractivity contribution is -0.116. The Kier molecular flexibility index (Phi) is 3.41. The number of benzene rings is 1. The Hall–Kier alpha value is -1.40. The van der Waals surface area contributed by atoms with Crippen LogP contribution in [0.1, 0.15) is 5.56 Å². The average Bonchev–Trinajstić information content (AvgIpc) is 2.25. The summed E-state index contributed by atoms with van der Waals surface area (Å²) in [6, 6.07) is 7.30. The van der Waals surface area contributed by atoms with Crippen molar-refractivity contribution in [3.05, 3.63) is 29.8 Å². The fourth-order valence-corrected chi connectivity index (χ4v) is 2.77. The minimum absolute atomic E-state index is 0.150. The van der Waals surface area contributed by atoms with Gasteiger partial charge in [0.1, 0.15) is 5.75 Å². The number of amides is 1. The summed E-state index contributed by atoms with van der Waals surface area (Å²) in [4.78, 5) is 13.5. The van der Waals surface area contributed by atoms with E-state index in [1.165, 1.54) is 4.90 Å². The van der Waals surface area contributed by atoms with Crippen LogP contribution >= 0.6 is 0 Å². The lowest BCUT2D eigenvalue weighted by Crippen LogP contribution is -2.47. The van der Waals surface area contributed by atoms with Crippen molar-refractivity contribution >= 4 is 21.4 Å². The van der Waals surface area contributed by atoms with Crippen LogP contribution in [0.4, 0.5) is 5.69 Å². The second-order valence-corrected chi connectivity index (χ2v) is 6.81. The van der Waals surface area contributed by atoms with Crippen LogP contribution in [0.2, 0.25) is 0 Å². The first-order valence-electron chi connectivity index (χ1n) is 5.68. The number of nitrogens with two attached hydrogens (primary N) is 1. The molecule has 2 N–H and O–H groups in total. The summed E-state index contributed by atoms with van der Waals surface area (Å²) in [7, 11) is -3.32. The topological polar surface area (TPSA) is 80.5 Å². The van der Waals surface area contributed by atoms with Crippen LogP contribution in [0.15, 0.2) is 24.3 Å². The first-order chi connectivity index (χ1) is 8.37. The maximum atomic E-state index is 12.0. The molecule has 0 radical (unpaired) electrons. The van der Waals surface area contributed by atoms with E-state index in [1.54, 1.807) is 0 Å². The molecule has 0 bridgehead atoms. The second kappa shape index (κ2) is 4.70. The monoisotopic (exact) mass is 268 g/mol. The highest BCUT2D eigenvalue weighted by Crippen LogP contribution is 2.26. The lowest BCUT2D eigenvalue weighted by atomic mass is 9.98. The van der Waals surface area contributed by atoms with Crippen LogP contribution in [0.5, 0.6) is 0 Å². The molecular formula is C12H16N2O3S. The van der Waals surface area contributed by atoms with Gasteiger partial charge in [0, 0.05) is 24.5 Å². The molecule has 0 spiro atoms. The van der Waals surface area contributed by atoms with E-state index in [0.29, 0.717) is 13.0 Å². The van der Waals surface area contributed by atoms with Gasteiger partial charge in [-0.15, -0.1) is 0 Å². The fraction of sp³-hybridized carbons (Fsp3) is 0.417. The largest absolute Gasteiger partial charge is 0.326 e. The zero-order valence-corrected chi connectivity index (χ0v) is 11.0. The van der Waals surface area contributed by atoms with Gasteiger partial charge in [0.05, 0.1) is 0 Å². The Bertz CT molecular complexity index is 568. The quantitative estimate of drug-likeness (QED) is 0.815. The highest BCUT2D eigenvalue weighted by atomic mass is 32.2. The molecule has 5 nitrogen and oxygen atoms in total. The third kappa shape index (κ3) is 2.88. The number of sulfone groups is 1. The molecule has 1 unspecified atom stereocenters.